The van der Waals surface area contributed by atoms with Gasteiger partial charge in [-0.15, -0.1) is 0 Å². The molecule has 0 aromatic heterocycles. The topological polar surface area (TPSA) is 39.1 Å². The second kappa shape index (κ2) is 5.63. The van der Waals surface area contributed by atoms with E-state index in [-0.39, 0.29) is 0 Å². The van der Waals surface area contributed by atoms with Gasteiger partial charge < -0.3 is 10.2 Å². The smallest absolute Gasteiger partial charge is 0.105 e. The van der Waals surface area contributed by atoms with Crippen LogP contribution in [-0.4, -0.2) is 25.2 Å². The van der Waals surface area contributed by atoms with Gasteiger partial charge in [-0.25, -0.2) is 0 Å². The molecule has 19 heavy (non-hydrogen) atoms. The zero-order valence-electron chi connectivity index (χ0n) is 12.1. The van der Waals surface area contributed by atoms with E-state index in [2.05, 4.69) is 47.5 Å². The summed E-state index contributed by atoms with van der Waals surface area (Å²) in [5.41, 5.74) is 2.34. The van der Waals surface area contributed by atoms with Gasteiger partial charge in [0.2, 0.25) is 0 Å². The van der Waals surface area contributed by atoms with Gasteiger partial charge in [0.1, 0.15) is 5.54 Å². The van der Waals surface area contributed by atoms with E-state index in [9.17, 15) is 5.26 Å². The third kappa shape index (κ3) is 2.90. The highest BCUT2D eigenvalue weighted by Gasteiger charge is 2.27. The van der Waals surface area contributed by atoms with E-state index in [0.717, 1.165) is 19.4 Å². The molecule has 0 bridgehead atoms. The van der Waals surface area contributed by atoms with Crippen molar-refractivity contribution in [3.63, 3.8) is 0 Å². The molecule has 0 amide bonds. The summed E-state index contributed by atoms with van der Waals surface area (Å²) in [6.07, 6.45) is 3.19. The lowest BCUT2D eigenvalue weighted by Gasteiger charge is -2.38. The molecule has 2 atom stereocenters. The lowest BCUT2D eigenvalue weighted by molar-refractivity contribution is 0.436. The first kappa shape index (κ1) is 13.9. The molecule has 0 fully saturated rings. The van der Waals surface area contributed by atoms with Crippen LogP contribution in [0.1, 0.15) is 32.3 Å². The van der Waals surface area contributed by atoms with Crippen LogP contribution in [0.15, 0.2) is 24.3 Å². The van der Waals surface area contributed by atoms with Crippen molar-refractivity contribution in [2.45, 2.75) is 44.7 Å². The molecule has 2 unspecified atom stereocenters. The predicted molar refractivity (Wildman–Crippen MR) is 79.3 cm³/mol. The second-order valence-corrected chi connectivity index (χ2v) is 5.65. The molecule has 3 nitrogen and oxygen atoms in total. The number of para-hydroxylation sites is 1. The summed E-state index contributed by atoms with van der Waals surface area (Å²) in [6, 6.07) is 11.6. The maximum atomic E-state index is 9.24. The first-order valence-electron chi connectivity index (χ1n) is 7.04. The molecule has 1 aliphatic heterocycles. The third-order valence-corrected chi connectivity index (χ3v) is 4.32. The number of nitriles is 1. The SMILES string of the molecule is CNC(C)(C#N)CCN1c2ccccc2CCC1C. The van der Waals surface area contributed by atoms with Crippen LogP contribution < -0.4 is 10.2 Å². The minimum absolute atomic E-state index is 0.438. The Hall–Kier alpha value is -1.53. The van der Waals surface area contributed by atoms with Gasteiger partial charge in [0.05, 0.1) is 6.07 Å². The average Bonchev–Trinajstić information content (AvgIpc) is 2.46. The van der Waals surface area contributed by atoms with E-state index in [1.165, 1.54) is 17.7 Å². The minimum Gasteiger partial charge on any atom is -0.368 e. The van der Waals surface area contributed by atoms with E-state index in [1.54, 1.807) is 0 Å². The molecular formula is C16H23N3. The first-order chi connectivity index (χ1) is 9.09. The highest BCUT2D eigenvalue weighted by Crippen LogP contribution is 2.31. The zero-order chi connectivity index (χ0) is 13.9. The Kier molecular flexibility index (Phi) is 4.11. The van der Waals surface area contributed by atoms with Gasteiger partial charge in [0, 0.05) is 18.3 Å². The Morgan fingerprint density at radius 3 is 2.89 bits per heavy atom. The second-order valence-electron chi connectivity index (χ2n) is 5.65. The predicted octanol–water partition coefficient (Wildman–Crippen LogP) is 2.72. The van der Waals surface area contributed by atoms with E-state index < -0.39 is 5.54 Å². The zero-order valence-corrected chi connectivity index (χ0v) is 12.1. The summed E-state index contributed by atoms with van der Waals surface area (Å²) < 4.78 is 0. The van der Waals surface area contributed by atoms with Crippen LogP contribution in [0.4, 0.5) is 5.69 Å². The number of anilines is 1. The number of aryl methyl sites for hydroxylation is 1. The van der Waals surface area contributed by atoms with E-state index >= 15 is 0 Å². The Bertz CT molecular complexity index is 477. The molecule has 3 heteroatoms. The van der Waals surface area contributed by atoms with Crippen LogP contribution in [-0.2, 0) is 6.42 Å². The number of nitrogens with one attached hydrogen (secondary N) is 1. The van der Waals surface area contributed by atoms with Gasteiger partial charge in [-0.2, -0.15) is 5.26 Å². The van der Waals surface area contributed by atoms with Crippen molar-refractivity contribution in [3.8, 4) is 6.07 Å². The van der Waals surface area contributed by atoms with Crippen LogP contribution in [0.3, 0.4) is 0 Å². The summed E-state index contributed by atoms with van der Waals surface area (Å²) in [5.74, 6) is 0. The molecule has 0 radical (unpaired) electrons. The Morgan fingerprint density at radius 2 is 2.21 bits per heavy atom. The molecule has 1 aliphatic rings. The standard InChI is InChI=1S/C16H23N3/c1-13-8-9-14-6-4-5-7-15(14)19(13)11-10-16(2,12-17)18-3/h4-7,13,18H,8-11H2,1-3H3. The highest BCUT2D eigenvalue weighted by molar-refractivity contribution is 5.56. The maximum absolute atomic E-state index is 9.24. The van der Waals surface area contributed by atoms with Gasteiger partial charge in [-0.05, 0) is 51.8 Å². The van der Waals surface area contributed by atoms with Gasteiger partial charge >= 0.3 is 0 Å². The van der Waals surface area contributed by atoms with E-state index in [4.69, 9.17) is 0 Å². The summed E-state index contributed by atoms with van der Waals surface area (Å²) >= 11 is 0. The lowest BCUT2D eigenvalue weighted by atomic mass is 9.94. The summed E-state index contributed by atoms with van der Waals surface area (Å²) in [4.78, 5) is 2.45. The van der Waals surface area contributed by atoms with Crippen molar-refractivity contribution < 1.29 is 0 Å². The number of hydrogen-bond donors (Lipinski definition) is 1. The Labute approximate surface area is 116 Å². The molecule has 0 saturated heterocycles. The fourth-order valence-corrected chi connectivity index (χ4v) is 2.68. The van der Waals surface area contributed by atoms with Crippen molar-refractivity contribution in [2.75, 3.05) is 18.5 Å². The average molecular weight is 257 g/mol. The quantitative estimate of drug-likeness (QED) is 0.901. The molecule has 0 saturated carbocycles. The van der Waals surface area contributed by atoms with Crippen LogP contribution in [0.2, 0.25) is 0 Å². The van der Waals surface area contributed by atoms with E-state index in [1.807, 2.05) is 14.0 Å². The number of fused-ring (bicyclic) bond motifs is 1. The van der Waals surface area contributed by atoms with Crippen LogP contribution >= 0.6 is 0 Å². The van der Waals surface area contributed by atoms with Gasteiger partial charge in [0.15, 0.2) is 0 Å². The minimum atomic E-state index is -0.438. The molecule has 1 aromatic rings. The van der Waals surface area contributed by atoms with Crippen LogP contribution in [0.25, 0.3) is 0 Å². The fourth-order valence-electron chi connectivity index (χ4n) is 2.68. The molecule has 2 rings (SSSR count). The molecule has 1 heterocycles. The van der Waals surface area contributed by atoms with Crippen molar-refractivity contribution >= 4 is 5.69 Å². The molecule has 0 spiro atoms. The van der Waals surface area contributed by atoms with Crippen molar-refractivity contribution in [1.82, 2.24) is 5.32 Å². The van der Waals surface area contributed by atoms with Crippen LogP contribution in [0, 0.1) is 11.3 Å². The Morgan fingerprint density at radius 1 is 1.47 bits per heavy atom. The monoisotopic (exact) mass is 257 g/mol. The fraction of sp³-hybridized carbons (Fsp3) is 0.562. The molecular weight excluding hydrogens is 234 g/mol. The van der Waals surface area contributed by atoms with Gasteiger partial charge in [-0.1, -0.05) is 18.2 Å². The maximum Gasteiger partial charge on any atom is 0.105 e. The van der Waals surface area contributed by atoms with E-state index in [0.29, 0.717) is 6.04 Å². The van der Waals surface area contributed by atoms with Gasteiger partial charge in [-0.3, -0.25) is 0 Å². The van der Waals surface area contributed by atoms with Crippen LogP contribution in [0.5, 0.6) is 0 Å². The van der Waals surface area contributed by atoms with Gasteiger partial charge in [0.25, 0.3) is 0 Å². The lowest BCUT2D eigenvalue weighted by Crippen LogP contribution is -2.45. The summed E-state index contributed by atoms with van der Waals surface area (Å²) in [5, 5.41) is 12.4. The number of nitrogens with zero attached hydrogens (tertiary/aromatic N) is 2. The van der Waals surface area contributed by atoms with Crippen molar-refractivity contribution in [3.05, 3.63) is 29.8 Å². The van der Waals surface area contributed by atoms with Crippen molar-refractivity contribution in [2.24, 2.45) is 0 Å². The third-order valence-electron chi connectivity index (χ3n) is 4.32. The largest absolute Gasteiger partial charge is 0.368 e. The molecule has 0 aliphatic carbocycles. The molecule has 1 aromatic carbocycles. The Balaban J connectivity index is 2.14. The summed E-state index contributed by atoms with van der Waals surface area (Å²) in [7, 11) is 1.86. The molecule has 1 N–H and O–H groups in total. The first-order valence-corrected chi connectivity index (χ1v) is 7.04. The van der Waals surface area contributed by atoms with Crippen molar-refractivity contribution in [1.29, 1.82) is 5.26 Å². The number of hydrogen-bond acceptors (Lipinski definition) is 3. The highest BCUT2D eigenvalue weighted by atomic mass is 15.2. The number of rotatable bonds is 4. The normalized spacial score (nSPS) is 21.4. The molecule has 102 valence electrons. The number of benzene rings is 1. The summed E-state index contributed by atoms with van der Waals surface area (Å²) in [6.45, 7) is 5.16.